The number of piperidine rings is 1. The molecule has 1 amide bonds. The van der Waals surface area contributed by atoms with Crippen LogP contribution in [-0.2, 0) is 0 Å². The van der Waals surface area contributed by atoms with Crippen LogP contribution in [0.4, 0.5) is 15.8 Å². The Morgan fingerprint density at radius 2 is 1.89 bits per heavy atom. The van der Waals surface area contributed by atoms with Gasteiger partial charge in [0.15, 0.2) is 5.65 Å². The van der Waals surface area contributed by atoms with Gasteiger partial charge in [0.25, 0.3) is 5.91 Å². The second-order valence-corrected chi connectivity index (χ2v) is 7.31. The monoisotopic (exact) mass is 378 g/mol. The quantitative estimate of drug-likeness (QED) is 0.714. The summed E-state index contributed by atoms with van der Waals surface area (Å²) < 4.78 is 14.1. The largest absolute Gasteiger partial charge is 0.354 e. The second kappa shape index (κ2) is 7.54. The number of nitrogens with one attached hydrogen (secondary N) is 1. The molecule has 0 bridgehead atoms. The van der Waals surface area contributed by atoms with Crippen LogP contribution in [0.15, 0.2) is 36.5 Å². The van der Waals surface area contributed by atoms with Crippen molar-refractivity contribution in [3.05, 3.63) is 59.2 Å². The predicted molar refractivity (Wildman–Crippen MR) is 108 cm³/mol. The first-order chi connectivity index (χ1) is 13.5. The van der Waals surface area contributed by atoms with Crippen LogP contribution in [0.3, 0.4) is 0 Å². The third-order valence-corrected chi connectivity index (χ3v) is 5.18. The van der Waals surface area contributed by atoms with Crippen molar-refractivity contribution in [2.75, 3.05) is 18.4 Å². The van der Waals surface area contributed by atoms with E-state index in [0.717, 1.165) is 43.4 Å². The molecule has 5 nitrogen and oxygen atoms in total. The van der Waals surface area contributed by atoms with E-state index >= 15 is 0 Å². The van der Waals surface area contributed by atoms with Crippen molar-refractivity contribution in [3.63, 3.8) is 0 Å². The molecule has 0 spiro atoms. The predicted octanol–water partition coefficient (Wildman–Crippen LogP) is 4.76. The van der Waals surface area contributed by atoms with Crippen LogP contribution in [0.5, 0.6) is 0 Å². The fourth-order valence-corrected chi connectivity index (χ4v) is 3.55. The van der Waals surface area contributed by atoms with Crippen molar-refractivity contribution >= 4 is 28.3 Å². The molecule has 0 saturated carbocycles. The minimum absolute atomic E-state index is 0.0511. The SMILES string of the molecule is Cc1ccc2c(Nc3ccc(C)c(F)c3)c(C(=O)N3CCCCC3)cnc2n1. The van der Waals surface area contributed by atoms with E-state index in [9.17, 15) is 9.18 Å². The van der Waals surface area contributed by atoms with E-state index in [1.165, 1.54) is 6.07 Å². The molecular formula is C22H23FN4O. The van der Waals surface area contributed by atoms with Gasteiger partial charge in [0, 0.05) is 36.1 Å². The molecule has 1 fully saturated rings. The fourth-order valence-electron chi connectivity index (χ4n) is 3.55. The number of rotatable bonds is 3. The van der Waals surface area contributed by atoms with E-state index in [2.05, 4.69) is 15.3 Å². The molecule has 3 aromatic rings. The van der Waals surface area contributed by atoms with Crippen LogP contribution in [0, 0.1) is 19.7 Å². The number of amides is 1. The first-order valence-electron chi connectivity index (χ1n) is 9.62. The number of fused-ring (bicyclic) bond motifs is 1. The zero-order valence-electron chi connectivity index (χ0n) is 16.1. The molecule has 3 heterocycles. The zero-order valence-corrected chi connectivity index (χ0v) is 16.1. The summed E-state index contributed by atoms with van der Waals surface area (Å²) in [4.78, 5) is 24.0. The number of halogens is 1. The van der Waals surface area contributed by atoms with Crippen LogP contribution in [0.2, 0.25) is 0 Å². The summed E-state index contributed by atoms with van der Waals surface area (Å²) in [6.07, 6.45) is 4.76. The maximum absolute atomic E-state index is 14.1. The number of carbonyl (C=O) groups is 1. The Morgan fingerprint density at radius 1 is 1.11 bits per heavy atom. The summed E-state index contributed by atoms with van der Waals surface area (Å²) >= 11 is 0. The lowest BCUT2D eigenvalue weighted by Crippen LogP contribution is -2.36. The number of benzene rings is 1. The Labute approximate surface area is 163 Å². The van der Waals surface area contributed by atoms with E-state index in [4.69, 9.17) is 0 Å². The lowest BCUT2D eigenvalue weighted by molar-refractivity contribution is 0.0725. The first kappa shape index (κ1) is 18.3. The highest BCUT2D eigenvalue weighted by molar-refractivity contribution is 6.07. The molecule has 2 aromatic heterocycles. The van der Waals surface area contributed by atoms with Crippen LogP contribution >= 0.6 is 0 Å². The van der Waals surface area contributed by atoms with Gasteiger partial charge in [-0.05, 0) is 62.9 Å². The summed E-state index contributed by atoms with van der Waals surface area (Å²) in [6.45, 7) is 5.12. The molecule has 144 valence electrons. The number of hydrogen-bond donors (Lipinski definition) is 1. The number of nitrogens with zero attached hydrogens (tertiary/aromatic N) is 3. The number of anilines is 2. The van der Waals surface area contributed by atoms with Gasteiger partial charge >= 0.3 is 0 Å². The highest BCUT2D eigenvalue weighted by Crippen LogP contribution is 2.30. The van der Waals surface area contributed by atoms with Crippen LogP contribution in [-0.4, -0.2) is 33.9 Å². The van der Waals surface area contributed by atoms with Gasteiger partial charge in [0.2, 0.25) is 0 Å². The summed E-state index contributed by atoms with van der Waals surface area (Å²) in [6, 6.07) is 8.76. The average Bonchev–Trinajstić information content (AvgIpc) is 2.71. The van der Waals surface area contributed by atoms with Gasteiger partial charge in [0.05, 0.1) is 11.3 Å². The Bertz CT molecular complexity index is 1040. The molecule has 28 heavy (non-hydrogen) atoms. The van der Waals surface area contributed by atoms with Gasteiger partial charge in [-0.3, -0.25) is 4.79 Å². The number of carbonyl (C=O) groups excluding carboxylic acids is 1. The van der Waals surface area contributed by atoms with E-state index in [-0.39, 0.29) is 11.7 Å². The molecule has 0 radical (unpaired) electrons. The van der Waals surface area contributed by atoms with E-state index < -0.39 is 0 Å². The van der Waals surface area contributed by atoms with Crippen molar-refractivity contribution in [3.8, 4) is 0 Å². The molecule has 1 saturated heterocycles. The number of likely N-dealkylation sites (tertiary alicyclic amines) is 1. The minimum Gasteiger partial charge on any atom is -0.354 e. The third-order valence-electron chi connectivity index (χ3n) is 5.18. The molecule has 4 rings (SSSR count). The van der Waals surface area contributed by atoms with Gasteiger partial charge in [0.1, 0.15) is 5.82 Å². The smallest absolute Gasteiger partial charge is 0.257 e. The van der Waals surface area contributed by atoms with Crippen molar-refractivity contribution in [1.29, 1.82) is 0 Å². The maximum atomic E-state index is 14.1. The Morgan fingerprint density at radius 3 is 2.64 bits per heavy atom. The summed E-state index contributed by atoms with van der Waals surface area (Å²) in [5, 5.41) is 4.00. The summed E-state index contributed by atoms with van der Waals surface area (Å²) in [5.41, 5.74) is 3.68. The Balaban J connectivity index is 1.81. The molecule has 1 aliphatic rings. The zero-order chi connectivity index (χ0) is 19.7. The minimum atomic E-state index is -0.291. The Kier molecular flexibility index (Phi) is 4.94. The molecule has 1 aliphatic heterocycles. The maximum Gasteiger partial charge on any atom is 0.257 e. The molecule has 1 aromatic carbocycles. The molecule has 0 atom stereocenters. The lowest BCUT2D eigenvalue weighted by Gasteiger charge is -2.27. The van der Waals surface area contributed by atoms with Crippen molar-refractivity contribution in [1.82, 2.24) is 14.9 Å². The van der Waals surface area contributed by atoms with Gasteiger partial charge in [-0.15, -0.1) is 0 Å². The van der Waals surface area contributed by atoms with Crippen LogP contribution in [0.25, 0.3) is 11.0 Å². The third kappa shape index (κ3) is 3.54. The second-order valence-electron chi connectivity index (χ2n) is 7.31. The topological polar surface area (TPSA) is 58.1 Å². The molecular weight excluding hydrogens is 355 g/mol. The van der Waals surface area contributed by atoms with Crippen molar-refractivity contribution in [2.24, 2.45) is 0 Å². The average molecular weight is 378 g/mol. The van der Waals surface area contributed by atoms with Gasteiger partial charge in [-0.25, -0.2) is 14.4 Å². The van der Waals surface area contributed by atoms with Crippen LogP contribution < -0.4 is 5.32 Å². The molecule has 0 unspecified atom stereocenters. The van der Waals surface area contributed by atoms with Gasteiger partial charge in [-0.1, -0.05) is 6.07 Å². The van der Waals surface area contributed by atoms with E-state index in [1.54, 1.807) is 25.3 Å². The highest BCUT2D eigenvalue weighted by Gasteiger charge is 2.23. The number of hydrogen-bond acceptors (Lipinski definition) is 4. The standard InChI is InChI=1S/C22H23FN4O/c1-14-6-8-16(12-19(14)23)26-20-17-9-7-15(2)25-21(17)24-13-18(20)22(28)27-10-4-3-5-11-27/h6-9,12-13H,3-5,10-11H2,1-2H3,(H,24,25,26). The molecule has 6 heteroatoms. The van der Waals surface area contributed by atoms with E-state index in [0.29, 0.717) is 28.1 Å². The molecule has 1 N–H and O–H groups in total. The fraction of sp³-hybridized carbons (Fsp3) is 0.318. The summed E-state index contributed by atoms with van der Waals surface area (Å²) in [5.74, 6) is -0.342. The van der Waals surface area contributed by atoms with Gasteiger partial charge < -0.3 is 10.2 Å². The first-order valence-corrected chi connectivity index (χ1v) is 9.62. The highest BCUT2D eigenvalue weighted by atomic mass is 19.1. The Hall–Kier alpha value is -3.02. The lowest BCUT2D eigenvalue weighted by atomic mass is 10.1. The normalized spacial score (nSPS) is 14.3. The molecule has 0 aliphatic carbocycles. The van der Waals surface area contributed by atoms with Gasteiger partial charge in [-0.2, -0.15) is 0 Å². The van der Waals surface area contributed by atoms with E-state index in [1.807, 2.05) is 24.0 Å². The van der Waals surface area contributed by atoms with Crippen molar-refractivity contribution < 1.29 is 9.18 Å². The van der Waals surface area contributed by atoms with Crippen molar-refractivity contribution in [2.45, 2.75) is 33.1 Å². The number of aryl methyl sites for hydroxylation is 2. The number of aromatic nitrogens is 2. The number of pyridine rings is 2. The van der Waals surface area contributed by atoms with Crippen LogP contribution in [0.1, 0.15) is 40.9 Å². The summed E-state index contributed by atoms with van der Waals surface area (Å²) in [7, 11) is 0.